The molecule has 12 heteroatoms. The monoisotopic (exact) mass is 699 g/mol. The maximum atomic E-state index is 14.4. The molecule has 5 rings (SSSR count). The van der Waals surface area contributed by atoms with Gasteiger partial charge in [0.15, 0.2) is 23.3 Å². The molecule has 0 radical (unpaired) electrons. The first-order chi connectivity index (χ1) is 24.1. The van der Waals surface area contributed by atoms with E-state index in [1.165, 1.54) is 6.08 Å². The van der Waals surface area contributed by atoms with Crippen molar-refractivity contribution < 1.29 is 36.7 Å². The van der Waals surface area contributed by atoms with Gasteiger partial charge in [0.2, 0.25) is 5.91 Å². The number of anilines is 2. The molecule has 0 heterocycles. The van der Waals surface area contributed by atoms with Crippen LogP contribution in [0.3, 0.4) is 0 Å². The van der Waals surface area contributed by atoms with E-state index in [1.54, 1.807) is 109 Å². The minimum absolute atomic E-state index is 0.0554. The van der Waals surface area contributed by atoms with E-state index in [0.29, 0.717) is 39.6 Å². The summed E-state index contributed by atoms with van der Waals surface area (Å²) in [7, 11) is 0. The fraction of sp³-hybridized carbons (Fsp3) is 0.0789. The summed E-state index contributed by atoms with van der Waals surface area (Å²) >= 11 is 0.998. The van der Waals surface area contributed by atoms with Crippen LogP contribution in [0, 0.1) is 23.3 Å². The van der Waals surface area contributed by atoms with E-state index in [4.69, 9.17) is 4.74 Å². The average Bonchev–Trinajstić information content (AvgIpc) is 3.13. The lowest BCUT2D eigenvalue weighted by Gasteiger charge is -2.18. The fourth-order valence-electron chi connectivity index (χ4n) is 4.71. The molecule has 0 aliphatic rings. The molecule has 0 bridgehead atoms. The van der Waals surface area contributed by atoms with E-state index in [9.17, 15) is 31.9 Å². The molecule has 0 fully saturated rings. The van der Waals surface area contributed by atoms with E-state index < -0.39 is 51.9 Å². The van der Waals surface area contributed by atoms with Gasteiger partial charge in [0, 0.05) is 27.8 Å². The smallest absolute Gasteiger partial charge is 0.272 e. The number of ether oxygens (including phenoxy) is 1. The maximum absolute atomic E-state index is 14.4. The van der Waals surface area contributed by atoms with E-state index >= 15 is 0 Å². The van der Waals surface area contributed by atoms with Crippen molar-refractivity contribution in [3.63, 3.8) is 0 Å². The summed E-state index contributed by atoms with van der Waals surface area (Å²) in [6.45, 7) is 2.21. The molecular weight excluding hydrogens is 670 g/mol. The molecule has 0 saturated carbocycles. The number of carbonyl (C=O) groups excluding carboxylic acids is 3. The number of hydrogen-bond acceptors (Lipinski definition) is 5. The maximum Gasteiger partial charge on any atom is 0.272 e. The zero-order chi connectivity index (χ0) is 35.6. The topological polar surface area (TPSA) is 96.5 Å². The molecular formula is C38H29F4N3O4S. The van der Waals surface area contributed by atoms with Crippen LogP contribution in [0.1, 0.15) is 33.7 Å². The van der Waals surface area contributed by atoms with Crippen molar-refractivity contribution in [1.29, 1.82) is 0 Å². The molecule has 254 valence electrons. The Morgan fingerprint density at radius 3 is 2.00 bits per heavy atom. The van der Waals surface area contributed by atoms with Gasteiger partial charge in [-0.15, -0.1) is 11.8 Å². The number of benzene rings is 5. The van der Waals surface area contributed by atoms with E-state index in [0.717, 1.165) is 11.8 Å². The Bertz CT molecular complexity index is 2000. The fourth-order valence-corrected chi connectivity index (χ4v) is 5.73. The zero-order valence-electron chi connectivity index (χ0n) is 26.4. The molecule has 1 unspecified atom stereocenters. The number of nitrogens with one attached hydrogen (secondary N) is 3. The van der Waals surface area contributed by atoms with Crippen molar-refractivity contribution >= 4 is 46.9 Å². The van der Waals surface area contributed by atoms with Gasteiger partial charge in [0.1, 0.15) is 22.4 Å². The van der Waals surface area contributed by atoms with Gasteiger partial charge in [-0.2, -0.15) is 0 Å². The summed E-state index contributed by atoms with van der Waals surface area (Å²) in [4.78, 5) is 40.4. The van der Waals surface area contributed by atoms with Crippen LogP contribution >= 0.6 is 11.8 Å². The van der Waals surface area contributed by atoms with Gasteiger partial charge in [-0.25, -0.2) is 17.6 Å². The first-order valence-electron chi connectivity index (χ1n) is 15.2. The lowest BCUT2D eigenvalue weighted by atomic mass is 10.1. The Balaban J connectivity index is 1.37. The second-order valence-corrected chi connectivity index (χ2v) is 11.7. The lowest BCUT2D eigenvalue weighted by Crippen LogP contribution is -2.30. The quantitative estimate of drug-likeness (QED) is 0.0525. The molecule has 1 atom stereocenters. The lowest BCUT2D eigenvalue weighted by molar-refractivity contribution is -0.116. The van der Waals surface area contributed by atoms with Gasteiger partial charge in [0.25, 0.3) is 11.8 Å². The van der Waals surface area contributed by atoms with Crippen LogP contribution in [0.15, 0.2) is 126 Å². The van der Waals surface area contributed by atoms with Crippen LogP contribution in [0.25, 0.3) is 6.08 Å². The predicted molar refractivity (Wildman–Crippen MR) is 185 cm³/mol. The standard InChI is InChI=1S/C38H29F4N3O4S/c1-2-49-31-16-10-9-15-25(31)21-30(44-36(46)24-13-7-4-8-14-24)37(47)43-26-17-19-27(20-18-26)50-35(23-11-5-3-6-12-23)38(48)45-34-32(41)28(39)22-29(40)33(34)42/h3-22,35H,2H2,1H3,(H,43,47)(H,44,46)(H,45,48)/b30-21-. The van der Waals surface area contributed by atoms with Gasteiger partial charge < -0.3 is 20.7 Å². The molecule has 0 aliphatic heterocycles. The van der Waals surface area contributed by atoms with Crippen molar-refractivity contribution in [2.45, 2.75) is 17.1 Å². The van der Waals surface area contributed by atoms with Crippen molar-refractivity contribution in [3.05, 3.63) is 161 Å². The molecule has 50 heavy (non-hydrogen) atoms. The van der Waals surface area contributed by atoms with Gasteiger partial charge >= 0.3 is 0 Å². The first-order valence-corrected chi connectivity index (χ1v) is 16.1. The summed E-state index contributed by atoms with van der Waals surface area (Å²) < 4.78 is 62.0. The number of amides is 3. The van der Waals surface area contributed by atoms with Gasteiger partial charge in [-0.1, -0.05) is 66.7 Å². The second kappa shape index (κ2) is 16.5. The summed E-state index contributed by atoms with van der Waals surface area (Å²) in [6, 6.07) is 30.1. The van der Waals surface area contributed by atoms with Gasteiger partial charge in [0.05, 0.1) is 6.61 Å². The molecule has 3 N–H and O–H groups in total. The third-order valence-corrected chi connectivity index (χ3v) is 8.38. The summed E-state index contributed by atoms with van der Waals surface area (Å²) in [5.74, 6) is -8.33. The number of rotatable bonds is 12. The van der Waals surface area contributed by atoms with Crippen molar-refractivity contribution in [1.82, 2.24) is 5.32 Å². The molecule has 0 spiro atoms. The average molecular weight is 700 g/mol. The Labute approximate surface area is 289 Å². The third kappa shape index (κ3) is 8.77. The highest BCUT2D eigenvalue weighted by atomic mass is 32.2. The van der Waals surface area contributed by atoms with Crippen LogP contribution in [0.4, 0.5) is 28.9 Å². The van der Waals surface area contributed by atoms with Crippen molar-refractivity contribution in [2.75, 3.05) is 17.2 Å². The van der Waals surface area contributed by atoms with Crippen LogP contribution in [-0.2, 0) is 9.59 Å². The zero-order valence-corrected chi connectivity index (χ0v) is 27.2. The van der Waals surface area contributed by atoms with Crippen LogP contribution in [-0.4, -0.2) is 24.3 Å². The van der Waals surface area contributed by atoms with Crippen LogP contribution in [0.2, 0.25) is 0 Å². The molecule has 5 aromatic carbocycles. The minimum atomic E-state index is -1.73. The highest BCUT2D eigenvalue weighted by Crippen LogP contribution is 2.37. The number of para-hydroxylation sites is 1. The van der Waals surface area contributed by atoms with Gasteiger partial charge in [-0.3, -0.25) is 14.4 Å². The highest BCUT2D eigenvalue weighted by Gasteiger charge is 2.27. The van der Waals surface area contributed by atoms with E-state index in [-0.39, 0.29) is 11.8 Å². The Kier molecular flexibility index (Phi) is 11.7. The number of carbonyl (C=O) groups is 3. The summed E-state index contributed by atoms with van der Waals surface area (Å²) in [5.41, 5.74) is 0.401. The normalized spacial score (nSPS) is 11.7. The largest absolute Gasteiger partial charge is 0.493 e. The molecule has 3 amide bonds. The molecule has 5 aromatic rings. The van der Waals surface area contributed by atoms with Crippen molar-refractivity contribution in [2.24, 2.45) is 0 Å². The van der Waals surface area contributed by atoms with E-state index in [1.807, 2.05) is 12.2 Å². The molecule has 0 saturated heterocycles. The Morgan fingerprint density at radius 1 is 0.760 bits per heavy atom. The second-order valence-electron chi connectivity index (χ2n) is 10.6. The van der Waals surface area contributed by atoms with Crippen molar-refractivity contribution in [3.8, 4) is 5.75 Å². The SMILES string of the molecule is CCOc1ccccc1/C=C(\NC(=O)c1ccccc1)C(=O)Nc1ccc(SC(C(=O)Nc2c(F)c(F)cc(F)c2F)c2ccccc2)cc1. The number of thioether (sulfide) groups is 1. The molecule has 7 nitrogen and oxygen atoms in total. The minimum Gasteiger partial charge on any atom is -0.493 e. The predicted octanol–water partition coefficient (Wildman–Crippen LogP) is 8.52. The summed E-state index contributed by atoms with van der Waals surface area (Å²) in [5, 5.41) is 6.32. The number of halogens is 4. The summed E-state index contributed by atoms with van der Waals surface area (Å²) in [6.07, 6.45) is 1.50. The van der Waals surface area contributed by atoms with E-state index in [2.05, 4.69) is 10.6 Å². The first kappa shape index (κ1) is 35.4. The van der Waals surface area contributed by atoms with Crippen LogP contribution in [0.5, 0.6) is 5.75 Å². The van der Waals surface area contributed by atoms with Crippen LogP contribution < -0.4 is 20.7 Å². The molecule has 0 aliphatic carbocycles. The molecule has 0 aromatic heterocycles. The Hall–Kier alpha value is -5.88. The third-order valence-electron chi connectivity index (χ3n) is 7.11. The number of hydrogen-bond donors (Lipinski definition) is 3. The Morgan fingerprint density at radius 2 is 1.36 bits per heavy atom. The van der Waals surface area contributed by atoms with Gasteiger partial charge in [-0.05, 0) is 61.0 Å². The highest BCUT2D eigenvalue weighted by molar-refractivity contribution is 8.00.